The zero-order valence-electron chi connectivity index (χ0n) is 28.7. The van der Waals surface area contributed by atoms with Crippen molar-refractivity contribution in [3.63, 3.8) is 0 Å². The van der Waals surface area contributed by atoms with Crippen LogP contribution >= 0.6 is 0 Å². The first-order valence-electron chi connectivity index (χ1n) is 16.4. The first-order chi connectivity index (χ1) is 22.6. The molecule has 7 rings (SSSR count). The topological polar surface area (TPSA) is 128 Å². The molecule has 4 aromatic heterocycles. The third-order valence-corrected chi connectivity index (χ3v) is 11.0. The molecule has 4 N–H and O–H groups in total. The number of carbonyl (C=O) groups excluding carboxylic acids is 1. The van der Waals surface area contributed by atoms with Gasteiger partial charge in [-0.05, 0) is 101 Å². The maximum Gasteiger partial charge on any atom is 0.194 e. The number of carbonyl (C=O) groups is 1. The fraction of sp³-hybridized carbons (Fsp3) is 0.293. The summed E-state index contributed by atoms with van der Waals surface area (Å²) in [6.07, 6.45) is 1.84. The molecule has 1 aliphatic heterocycles. The molecule has 7 heteroatoms. The number of hydrogen-bond acceptors (Lipinski definition) is 3. The highest BCUT2D eigenvalue weighted by molar-refractivity contribution is 6.29. The summed E-state index contributed by atoms with van der Waals surface area (Å²) in [6.45, 7) is 17.6. The number of nitrogens with zero attached hydrogens (tertiary/aromatic N) is 2. The van der Waals surface area contributed by atoms with Gasteiger partial charge in [0.05, 0.1) is 0 Å². The van der Waals surface area contributed by atoms with Gasteiger partial charge in [-0.3, -0.25) is 4.79 Å². The number of hydrogen-bond donors (Lipinski definition) is 4. The lowest BCUT2D eigenvalue weighted by Gasteiger charge is -2.28. The highest BCUT2D eigenvalue weighted by Gasteiger charge is 2.39. The highest BCUT2D eigenvalue weighted by Crippen LogP contribution is 2.45. The molecule has 0 atom stereocenters. The number of aromatic nitrogens is 4. The molecule has 1 aromatic carbocycles. The monoisotopic (exact) mass is 632 g/mol. The van der Waals surface area contributed by atoms with Gasteiger partial charge in [0.25, 0.3) is 0 Å². The van der Waals surface area contributed by atoms with Crippen molar-refractivity contribution in [2.24, 2.45) is 0 Å². The Morgan fingerprint density at radius 1 is 0.583 bits per heavy atom. The number of aromatic amines is 4. The SMILES string of the molecule is CC1(C)c2ccc([nH]2)C(C)(C)c2ccc([nH]2)C(C)(C)c2cc([nH]c2/C=C2\C(=O)c3ccccc3C2=C(C#N)C#N)C(C)(C)c2ccc1[nH]2. The third-order valence-electron chi connectivity index (χ3n) is 11.0. The van der Waals surface area contributed by atoms with Crippen LogP contribution in [0.1, 0.15) is 122 Å². The van der Waals surface area contributed by atoms with E-state index in [4.69, 9.17) is 0 Å². The third kappa shape index (κ3) is 4.34. The van der Waals surface area contributed by atoms with Crippen molar-refractivity contribution in [2.45, 2.75) is 77.0 Å². The van der Waals surface area contributed by atoms with E-state index in [2.05, 4.69) is 118 Å². The van der Waals surface area contributed by atoms with E-state index in [9.17, 15) is 15.3 Å². The van der Waals surface area contributed by atoms with E-state index < -0.39 is 10.8 Å². The van der Waals surface area contributed by atoms with Crippen LogP contribution in [0.15, 0.2) is 77.9 Å². The predicted octanol–water partition coefficient (Wildman–Crippen LogP) is 8.70. The summed E-state index contributed by atoms with van der Waals surface area (Å²) in [4.78, 5) is 29.0. The average Bonchev–Trinajstić information content (AvgIpc) is 3.88. The molecular formula is C41H40N6O. The van der Waals surface area contributed by atoms with E-state index in [-0.39, 0.29) is 22.2 Å². The van der Waals surface area contributed by atoms with E-state index in [1.54, 1.807) is 18.2 Å². The quantitative estimate of drug-likeness (QED) is 0.109. The van der Waals surface area contributed by atoms with Gasteiger partial charge >= 0.3 is 0 Å². The normalized spacial score (nSPS) is 19.1. The second kappa shape index (κ2) is 10.2. The Morgan fingerprint density at radius 3 is 1.46 bits per heavy atom. The van der Waals surface area contributed by atoms with Gasteiger partial charge in [0, 0.05) is 83.9 Å². The Morgan fingerprint density at radius 2 is 1.00 bits per heavy atom. The second-order valence-electron chi connectivity index (χ2n) is 15.3. The molecule has 1 aliphatic carbocycles. The van der Waals surface area contributed by atoms with Crippen molar-refractivity contribution in [2.75, 3.05) is 0 Å². The Balaban J connectivity index is 1.50. The molecule has 0 radical (unpaired) electrons. The average molecular weight is 633 g/mol. The summed E-state index contributed by atoms with van der Waals surface area (Å²) in [5.74, 6) is -0.202. The first kappa shape index (κ1) is 31.1. The number of fused-ring (bicyclic) bond motifs is 9. The van der Waals surface area contributed by atoms with E-state index in [1.165, 1.54) is 0 Å². The summed E-state index contributed by atoms with van der Waals surface area (Å²) >= 11 is 0. The molecule has 0 spiro atoms. The number of benzene rings is 1. The molecule has 2 aliphatic rings. The number of ketones is 1. The Kier molecular flexibility index (Phi) is 6.63. The van der Waals surface area contributed by atoms with Gasteiger partial charge in [0.2, 0.25) is 0 Å². The van der Waals surface area contributed by atoms with Crippen LogP contribution in [0.4, 0.5) is 0 Å². The fourth-order valence-corrected chi connectivity index (χ4v) is 7.38. The Bertz CT molecular complexity index is 2270. The largest absolute Gasteiger partial charge is 0.361 e. The van der Waals surface area contributed by atoms with Crippen LogP contribution in [0.2, 0.25) is 0 Å². The van der Waals surface area contributed by atoms with Crippen molar-refractivity contribution < 1.29 is 4.79 Å². The predicted molar refractivity (Wildman–Crippen MR) is 189 cm³/mol. The molecule has 5 heterocycles. The van der Waals surface area contributed by atoms with Crippen molar-refractivity contribution in [1.29, 1.82) is 10.5 Å². The Labute approximate surface area is 281 Å². The van der Waals surface area contributed by atoms with E-state index in [0.717, 1.165) is 51.1 Å². The molecule has 0 saturated carbocycles. The summed E-state index contributed by atoms with van der Waals surface area (Å²) in [5.41, 5.74) is 9.34. The number of allylic oxidation sites excluding steroid dienone is 3. The van der Waals surface area contributed by atoms with Gasteiger partial charge < -0.3 is 19.9 Å². The first-order valence-corrected chi connectivity index (χ1v) is 16.4. The number of H-pyrrole nitrogens is 4. The number of nitriles is 2. The minimum Gasteiger partial charge on any atom is -0.361 e. The summed E-state index contributed by atoms with van der Waals surface area (Å²) in [7, 11) is 0. The number of nitrogens with one attached hydrogen (secondary N) is 4. The maximum atomic E-state index is 14.0. The standard InChI is InChI=1S/C41H40N6O/c1-38(2)27-20-35(44-28(27)19-26-36(23(21-42)22-43)24-11-9-10-12-25(24)37(26)48)41(7,8)34-18-17-33(47-34)40(5,6)32-16-15-31(46-32)39(3,4)30-14-13-29(38)45-30/h9-20,44-47H,1-8H3/b26-19-. The lowest BCUT2D eigenvalue weighted by atomic mass is 9.79. The van der Waals surface area contributed by atoms with Crippen LogP contribution in [-0.2, 0) is 21.7 Å². The van der Waals surface area contributed by atoms with Gasteiger partial charge in [-0.15, -0.1) is 0 Å². The minimum absolute atomic E-state index is 0.0805. The van der Waals surface area contributed by atoms with Crippen LogP contribution in [-0.4, -0.2) is 25.7 Å². The van der Waals surface area contributed by atoms with E-state index in [0.29, 0.717) is 22.3 Å². The second-order valence-corrected chi connectivity index (χ2v) is 15.3. The number of Topliss-reactive ketones (excluding diaryl/α,β-unsaturated/α-hetero) is 1. The maximum absolute atomic E-state index is 14.0. The highest BCUT2D eigenvalue weighted by atomic mass is 16.1. The van der Waals surface area contributed by atoms with Gasteiger partial charge in [0.1, 0.15) is 17.7 Å². The molecule has 0 fully saturated rings. The van der Waals surface area contributed by atoms with E-state index in [1.807, 2.05) is 24.3 Å². The van der Waals surface area contributed by atoms with Crippen molar-refractivity contribution in [3.05, 3.63) is 140 Å². The van der Waals surface area contributed by atoms with Crippen molar-refractivity contribution in [1.82, 2.24) is 19.9 Å². The van der Waals surface area contributed by atoms with Crippen molar-refractivity contribution >= 4 is 17.4 Å². The molecular weight excluding hydrogens is 592 g/mol. The summed E-state index contributed by atoms with van der Waals surface area (Å²) < 4.78 is 0. The zero-order valence-corrected chi connectivity index (χ0v) is 28.7. The lowest BCUT2D eigenvalue weighted by Crippen LogP contribution is -2.25. The lowest BCUT2D eigenvalue weighted by molar-refractivity contribution is 0.104. The van der Waals surface area contributed by atoms with Gasteiger partial charge in [-0.1, -0.05) is 38.1 Å². The minimum atomic E-state index is -0.530. The fourth-order valence-electron chi connectivity index (χ4n) is 7.38. The number of rotatable bonds is 1. The molecule has 0 saturated heterocycles. The molecule has 8 bridgehead atoms. The van der Waals surface area contributed by atoms with E-state index >= 15 is 0 Å². The van der Waals surface area contributed by atoms with Gasteiger partial charge in [-0.25, -0.2) is 0 Å². The smallest absolute Gasteiger partial charge is 0.194 e. The van der Waals surface area contributed by atoms with Crippen LogP contribution in [0.3, 0.4) is 0 Å². The van der Waals surface area contributed by atoms with Crippen LogP contribution in [0.5, 0.6) is 0 Å². The Hall–Kier alpha value is -5.53. The summed E-state index contributed by atoms with van der Waals surface area (Å²) in [5, 5.41) is 19.9. The zero-order chi connectivity index (χ0) is 34.4. The van der Waals surface area contributed by atoms with Crippen LogP contribution < -0.4 is 0 Å². The van der Waals surface area contributed by atoms with Gasteiger partial charge in [-0.2, -0.15) is 10.5 Å². The molecule has 7 nitrogen and oxygen atoms in total. The van der Waals surface area contributed by atoms with Gasteiger partial charge in [0.15, 0.2) is 5.78 Å². The molecule has 5 aromatic rings. The van der Waals surface area contributed by atoms with Crippen LogP contribution in [0.25, 0.3) is 11.6 Å². The molecule has 0 amide bonds. The molecule has 240 valence electrons. The molecule has 0 unspecified atom stereocenters. The van der Waals surface area contributed by atoms with Crippen molar-refractivity contribution in [3.8, 4) is 12.1 Å². The molecule has 48 heavy (non-hydrogen) atoms. The summed E-state index contributed by atoms with van der Waals surface area (Å²) in [6, 6.07) is 26.5. The van der Waals surface area contributed by atoms with Crippen LogP contribution in [0, 0.1) is 22.7 Å².